The van der Waals surface area contributed by atoms with Gasteiger partial charge in [0.25, 0.3) is 0 Å². The molecule has 0 aliphatic heterocycles. The first-order valence-electron chi connectivity index (χ1n) is 6.08. The van der Waals surface area contributed by atoms with Crippen LogP contribution in [0.1, 0.15) is 17.2 Å². The minimum Gasteiger partial charge on any atom is -0.321 e. The van der Waals surface area contributed by atoms with Crippen LogP contribution in [0.5, 0.6) is 0 Å². The van der Waals surface area contributed by atoms with Crippen LogP contribution in [-0.2, 0) is 0 Å². The Kier molecular flexibility index (Phi) is 2.14. The van der Waals surface area contributed by atoms with Gasteiger partial charge in [0.2, 0.25) is 0 Å². The van der Waals surface area contributed by atoms with Crippen molar-refractivity contribution in [1.29, 1.82) is 0 Å². The molecule has 0 spiro atoms. The number of hydrogen-bond acceptors (Lipinski definition) is 0. The molecule has 0 N–H and O–H groups in total. The first kappa shape index (κ1) is 10.5. The lowest BCUT2D eigenvalue weighted by Crippen LogP contribution is -2.38. The Morgan fingerprint density at radius 1 is 0.706 bits per heavy atom. The quantitative estimate of drug-likeness (QED) is 0.651. The van der Waals surface area contributed by atoms with Crippen LogP contribution in [-0.4, -0.2) is 25.6 Å². The van der Waals surface area contributed by atoms with Crippen LogP contribution in [0.2, 0.25) is 0 Å². The molecule has 0 aromatic heterocycles. The molecule has 2 aromatic rings. The Morgan fingerprint density at radius 3 is 1.53 bits per heavy atom. The van der Waals surface area contributed by atoms with Gasteiger partial charge >= 0.3 is 0 Å². The van der Waals surface area contributed by atoms with Crippen molar-refractivity contribution < 1.29 is 4.48 Å². The number of benzene rings is 2. The molecule has 2 aromatic carbocycles. The smallest absolute Gasteiger partial charge is 0.141 e. The Bertz CT molecular complexity index is 518. The first-order chi connectivity index (χ1) is 8.09. The number of rotatable bonds is 1. The summed E-state index contributed by atoms with van der Waals surface area (Å²) in [5.41, 5.74) is 5.73. The van der Waals surface area contributed by atoms with Crippen molar-refractivity contribution in [2.75, 3.05) is 21.1 Å². The van der Waals surface area contributed by atoms with E-state index in [0.717, 1.165) is 4.48 Å². The van der Waals surface area contributed by atoms with Crippen LogP contribution in [0, 0.1) is 0 Å². The molecule has 0 bridgehead atoms. The zero-order chi connectivity index (χ0) is 12.0. The second kappa shape index (κ2) is 3.44. The molecule has 86 valence electrons. The Hall–Kier alpha value is -1.60. The van der Waals surface area contributed by atoms with Crippen LogP contribution >= 0.6 is 0 Å². The maximum Gasteiger partial charge on any atom is 0.141 e. The third-order valence-electron chi connectivity index (χ3n) is 3.58. The molecule has 0 fully saturated rings. The zero-order valence-corrected chi connectivity index (χ0v) is 10.6. The molecule has 0 atom stereocenters. The first-order valence-corrected chi connectivity index (χ1v) is 6.08. The van der Waals surface area contributed by atoms with Crippen molar-refractivity contribution in [3.05, 3.63) is 59.7 Å². The van der Waals surface area contributed by atoms with E-state index in [9.17, 15) is 0 Å². The topological polar surface area (TPSA) is 0 Å². The van der Waals surface area contributed by atoms with Crippen molar-refractivity contribution in [3.63, 3.8) is 0 Å². The predicted molar refractivity (Wildman–Crippen MR) is 71.8 cm³/mol. The average molecular weight is 224 g/mol. The van der Waals surface area contributed by atoms with Crippen molar-refractivity contribution in [2.45, 2.75) is 6.04 Å². The van der Waals surface area contributed by atoms with Gasteiger partial charge in [0.15, 0.2) is 0 Å². The average Bonchev–Trinajstić information content (AvgIpc) is 2.63. The lowest BCUT2D eigenvalue weighted by Gasteiger charge is -2.32. The fourth-order valence-electron chi connectivity index (χ4n) is 2.96. The summed E-state index contributed by atoms with van der Waals surface area (Å²) in [4.78, 5) is 0. The number of nitrogens with zero attached hydrogens (tertiary/aromatic N) is 1. The van der Waals surface area contributed by atoms with Gasteiger partial charge in [-0.15, -0.1) is 0 Å². The molecule has 0 amide bonds. The molecule has 1 heteroatoms. The van der Waals surface area contributed by atoms with Gasteiger partial charge in [0.05, 0.1) is 21.1 Å². The van der Waals surface area contributed by atoms with Gasteiger partial charge in [-0.2, -0.15) is 0 Å². The van der Waals surface area contributed by atoms with E-state index < -0.39 is 0 Å². The summed E-state index contributed by atoms with van der Waals surface area (Å²) in [5.74, 6) is 0. The number of fused-ring (bicyclic) bond motifs is 3. The highest BCUT2D eigenvalue weighted by Crippen LogP contribution is 2.47. The third-order valence-corrected chi connectivity index (χ3v) is 3.58. The highest BCUT2D eigenvalue weighted by Gasteiger charge is 2.36. The van der Waals surface area contributed by atoms with E-state index in [2.05, 4.69) is 69.7 Å². The molecule has 0 saturated heterocycles. The Balaban J connectivity index is 2.31. The minimum absolute atomic E-state index is 0.461. The van der Waals surface area contributed by atoms with Crippen molar-refractivity contribution in [2.24, 2.45) is 0 Å². The predicted octanol–water partition coefficient (Wildman–Crippen LogP) is 3.46. The van der Waals surface area contributed by atoms with Gasteiger partial charge in [-0.25, -0.2) is 0 Å². The van der Waals surface area contributed by atoms with E-state index in [4.69, 9.17) is 0 Å². The maximum atomic E-state index is 2.27. The minimum atomic E-state index is 0.461. The Labute approximate surface area is 103 Å². The van der Waals surface area contributed by atoms with Gasteiger partial charge in [-0.05, 0) is 11.1 Å². The van der Waals surface area contributed by atoms with Gasteiger partial charge in [-0.1, -0.05) is 48.5 Å². The highest BCUT2D eigenvalue weighted by molar-refractivity contribution is 5.77. The number of hydrogen-bond donors (Lipinski definition) is 0. The van der Waals surface area contributed by atoms with Crippen LogP contribution < -0.4 is 0 Å². The molecule has 3 rings (SSSR count). The van der Waals surface area contributed by atoms with Crippen LogP contribution in [0.15, 0.2) is 48.5 Å². The van der Waals surface area contributed by atoms with Crippen molar-refractivity contribution >= 4 is 0 Å². The van der Waals surface area contributed by atoms with E-state index in [0.29, 0.717) is 6.04 Å². The summed E-state index contributed by atoms with van der Waals surface area (Å²) in [7, 11) is 6.80. The summed E-state index contributed by atoms with van der Waals surface area (Å²) >= 11 is 0. The molecule has 1 aliphatic rings. The Morgan fingerprint density at radius 2 is 1.12 bits per heavy atom. The van der Waals surface area contributed by atoms with E-state index in [1.807, 2.05) is 0 Å². The van der Waals surface area contributed by atoms with E-state index in [1.54, 1.807) is 0 Å². The summed E-state index contributed by atoms with van der Waals surface area (Å²) in [6.07, 6.45) is 0. The fraction of sp³-hybridized carbons (Fsp3) is 0.250. The SMILES string of the molecule is C[N+](C)(C)C1c2ccccc2-c2ccccc21. The van der Waals surface area contributed by atoms with E-state index in [-0.39, 0.29) is 0 Å². The molecule has 1 aliphatic carbocycles. The highest BCUT2D eigenvalue weighted by atomic mass is 15.3. The number of quaternary nitrogens is 1. The summed E-state index contributed by atoms with van der Waals surface area (Å²) < 4.78 is 0.939. The van der Waals surface area contributed by atoms with Gasteiger partial charge in [0.1, 0.15) is 6.04 Å². The zero-order valence-electron chi connectivity index (χ0n) is 10.6. The molecule has 0 radical (unpaired) electrons. The molecule has 0 unspecified atom stereocenters. The van der Waals surface area contributed by atoms with Crippen LogP contribution in [0.3, 0.4) is 0 Å². The summed E-state index contributed by atoms with van der Waals surface area (Å²) in [6.45, 7) is 0. The third kappa shape index (κ3) is 1.50. The van der Waals surface area contributed by atoms with Crippen molar-refractivity contribution in [1.82, 2.24) is 0 Å². The lowest BCUT2D eigenvalue weighted by atomic mass is 10.0. The lowest BCUT2D eigenvalue weighted by molar-refractivity contribution is -0.895. The summed E-state index contributed by atoms with van der Waals surface area (Å²) in [6, 6.07) is 18.0. The van der Waals surface area contributed by atoms with Gasteiger partial charge in [-0.3, -0.25) is 0 Å². The van der Waals surface area contributed by atoms with Crippen molar-refractivity contribution in [3.8, 4) is 11.1 Å². The van der Waals surface area contributed by atoms with Crippen LogP contribution in [0.4, 0.5) is 0 Å². The van der Waals surface area contributed by atoms with E-state index in [1.165, 1.54) is 22.3 Å². The molecule has 0 saturated carbocycles. The molecule has 1 nitrogen and oxygen atoms in total. The molecule has 0 heterocycles. The molecule has 17 heavy (non-hydrogen) atoms. The standard InChI is InChI=1S/C16H18N/c1-17(2,3)16-14-10-6-4-8-12(14)13-9-5-7-11-15(13)16/h4-11,16H,1-3H3/q+1. The normalized spacial score (nSPS) is 14.5. The van der Waals surface area contributed by atoms with Gasteiger partial charge < -0.3 is 4.48 Å². The molecular weight excluding hydrogens is 206 g/mol. The van der Waals surface area contributed by atoms with Crippen LogP contribution in [0.25, 0.3) is 11.1 Å². The van der Waals surface area contributed by atoms with E-state index >= 15 is 0 Å². The second-order valence-electron chi connectivity index (χ2n) is 5.69. The maximum absolute atomic E-state index is 2.27. The largest absolute Gasteiger partial charge is 0.321 e. The molecular formula is C16H18N+. The summed E-state index contributed by atoms with van der Waals surface area (Å²) in [5, 5.41) is 0. The fourth-order valence-corrected chi connectivity index (χ4v) is 2.96. The monoisotopic (exact) mass is 224 g/mol. The second-order valence-corrected chi connectivity index (χ2v) is 5.69. The van der Waals surface area contributed by atoms with Gasteiger partial charge in [0, 0.05) is 11.1 Å².